The molecule has 3 heterocycles. The van der Waals surface area contributed by atoms with Crippen LogP contribution in [0.1, 0.15) is 19.8 Å². The second-order valence-corrected chi connectivity index (χ2v) is 8.12. The average Bonchev–Trinajstić information content (AvgIpc) is 3.11. The highest BCUT2D eigenvalue weighted by Crippen LogP contribution is 2.29. The van der Waals surface area contributed by atoms with Crippen molar-refractivity contribution < 1.29 is 8.78 Å². The van der Waals surface area contributed by atoms with Crippen molar-refractivity contribution in [2.45, 2.75) is 25.8 Å². The minimum Gasteiger partial charge on any atom is -0.387 e. The largest absolute Gasteiger partial charge is 0.387 e. The van der Waals surface area contributed by atoms with Crippen LogP contribution in [0, 0.1) is 11.6 Å². The lowest BCUT2D eigenvalue weighted by Gasteiger charge is -2.32. The van der Waals surface area contributed by atoms with Gasteiger partial charge in [-0.05, 0) is 55.7 Å². The van der Waals surface area contributed by atoms with Gasteiger partial charge in [-0.2, -0.15) is 4.98 Å². The van der Waals surface area contributed by atoms with Crippen LogP contribution < -0.4 is 11.1 Å². The number of likely N-dealkylation sites (tertiary alicyclic amines) is 1. The number of hydrogen-bond acceptors (Lipinski definition) is 4. The molecule has 0 unspecified atom stereocenters. The maximum absolute atomic E-state index is 14.2. The summed E-state index contributed by atoms with van der Waals surface area (Å²) >= 11 is 11.2. The van der Waals surface area contributed by atoms with E-state index in [0.29, 0.717) is 33.7 Å². The first-order valence-corrected chi connectivity index (χ1v) is 10.5. The molecule has 0 atom stereocenters. The number of piperidine rings is 1. The molecule has 1 saturated heterocycles. The Morgan fingerprint density at radius 2 is 2.03 bits per heavy atom. The predicted octanol–water partition coefficient (Wildman–Crippen LogP) is 3.87. The third-order valence-electron chi connectivity index (χ3n) is 5.00. The van der Waals surface area contributed by atoms with Gasteiger partial charge in [0.25, 0.3) is 0 Å². The fourth-order valence-electron chi connectivity index (χ4n) is 3.51. The number of nitrogens with two attached hydrogens (primary N) is 1. The Morgan fingerprint density at radius 1 is 1.29 bits per heavy atom. The number of fused-ring (bicyclic) bond motifs is 1. The maximum Gasteiger partial charge on any atom is 0.243 e. The molecule has 0 aliphatic carbocycles. The van der Waals surface area contributed by atoms with Gasteiger partial charge in [0.1, 0.15) is 11.6 Å². The van der Waals surface area contributed by atoms with Crippen molar-refractivity contribution in [3.8, 4) is 11.1 Å². The van der Waals surface area contributed by atoms with Crippen molar-refractivity contribution in [2.24, 2.45) is 10.7 Å². The highest BCUT2D eigenvalue weighted by Gasteiger charge is 2.22. The zero-order valence-corrected chi connectivity index (χ0v) is 18.2. The van der Waals surface area contributed by atoms with E-state index in [1.54, 1.807) is 6.92 Å². The van der Waals surface area contributed by atoms with Gasteiger partial charge in [-0.15, -0.1) is 5.10 Å². The number of pyridine rings is 1. The SMILES string of the molecule is C/C(N)=N/C(=S)N1CCC(Nc2nc3c(-c4ccc(F)c(Cl)c4)cc(F)cn3n2)CC1. The lowest BCUT2D eigenvalue weighted by Crippen LogP contribution is -2.41. The van der Waals surface area contributed by atoms with Crippen molar-refractivity contribution in [1.29, 1.82) is 0 Å². The van der Waals surface area contributed by atoms with Crippen LogP contribution in [0.2, 0.25) is 5.02 Å². The average molecular weight is 464 g/mol. The van der Waals surface area contributed by atoms with E-state index in [1.165, 1.54) is 35.0 Å². The number of rotatable bonds is 3. The molecule has 0 bridgehead atoms. The molecule has 3 N–H and O–H groups in total. The molecule has 1 aliphatic heterocycles. The number of nitrogens with one attached hydrogen (secondary N) is 1. The van der Waals surface area contributed by atoms with E-state index in [1.807, 2.05) is 4.90 Å². The topological polar surface area (TPSA) is 83.8 Å². The highest BCUT2D eigenvalue weighted by atomic mass is 35.5. The fraction of sp³-hybridized carbons (Fsp3) is 0.300. The summed E-state index contributed by atoms with van der Waals surface area (Å²) in [6, 6.07) is 5.67. The van der Waals surface area contributed by atoms with Crippen LogP contribution in [-0.2, 0) is 0 Å². The van der Waals surface area contributed by atoms with Crippen molar-refractivity contribution in [3.63, 3.8) is 0 Å². The normalized spacial score (nSPS) is 15.5. The molecular weight excluding hydrogens is 444 g/mol. The van der Waals surface area contributed by atoms with Gasteiger partial charge in [0.2, 0.25) is 5.95 Å². The van der Waals surface area contributed by atoms with E-state index in [2.05, 4.69) is 20.4 Å². The molecule has 11 heteroatoms. The van der Waals surface area contributed by atoms with E-state index in [9.17, 15) is 8.78 Å². The third kappa shape index (κ3) is 4.75. The van der Waals surface area contributed by atoms with Crippen molar-refractivity contribution in [2.75, 3.05) is 18.4 Å². The lowest BCUT2D eigenvalue weighted by molar-refractivity contribution is 0.325. The number of aromatic nitrogens is 3. The highest BCUT2D eigenvalue weighted by molar-refractivity contribution is 7.80. The lowest BCUT2D eigenvalue weighted by atomic mass is 10.1. The van der Waals surface area contributed by atoms with Gasteiger partial charge < -0.3 is 16.0 Å². The quantitative estimate of drug-likeness (QED) is 0.348. The van der Waals surface area contributed by atoms with Crippen LogP contribution in [0.4, 0.5) is 14.7 Å². The first-order valence-electron chi connectivity index (χ1n) is 9.67. The van der Waals surface area contributed by atoms with E-state index in [-0.39, 0.29) is 11.1 Å². The Morgan fingerprint density at radius 3 is 2.71 bits per heavy atom. The van der Waals surface area contributed by atoms with Crippen LogP contribution in [-0.4, -0.2) is 49.6 Å². The van der Waals surface area contributed by atoms with Gasteiger partial charge in [0.15, 0.2) is 10.8 Å². The number of benzene rings is 1. The van der Waals surface area contributed by atoms with Crippen LogP contribution in [0.25, 0.3) is 16.8 Å². The van der Waals surface area contributed by atoms with Gasteiger partial charge in [-0.25, -0.2) is 18.3 Å². The van der Waals surface area contributed by atoms with Crippen LogP contribution in [0.15, 0.2) is 35.5 Å². The van der Waals surface area contributed by atoms with E-state index >= 15 is 0 Å². The Bertz CT molecular complexity index is 1170. The van der Waals surface area contributed by atoms with Gasteiger partial charge >= 0.3 is 0 Å². The zero-order chi connectivity index (χ0) is 22.1. The number of hydrogen-bond donors (Lipinski definition) is 2. The molecule has 0 radical (unpaired) electrons. The molecule has 0 spiro atoms. The zero-order valence-electron chi connectivity index (χ0n) is 16.6. The van der Waals surface area contributed by atoms with E-state index in [0.717, 1.165) is 25.9 Å². The summed E-state index contributed by atoms with van der Waals surface area (Å²) in [6.07, 6.45) is 2.86. The van der Waals surface area contributed by atoms with E-state index < -0.39 is 11.6 Å². The smallest absolute Gasteiger partial charge is 0.243 e. The summed E-state index contributed by atoms with van der Waals surface area (Å²) in [5.41, 5.74) is 7.06. The predicted molar refractivity (Wildman–Crippen MR) is 121 cm³/mol. The standard InChI is InChI=1S/C20H20ClF2N7S/c1-11(24)25-20(31)29-6-4-14(5-7-29)26-19-27-18-15(9-13(22)10-30(18)28-19)12-2-3-17(23)16(21)8-12/h2-3,8-10,14H,4-7H2,1H3,(H,26,28)(H2,24,25,31). The van der Waals surface area contributed by atoms with Gasteiger partial charge in [-0.3, -0.25) is 0 Å². The molecule has 1 aliphatic rings. The van der Waals surface area contributed by atoms with Crippen molar-refractivity contribution in [1.82, 2.24) is 19.5 Å². The minimum atomic E-state index is -0.542. The number of aliphatic imine (C=N–C) groups is 1. The monoisotopic (exact) mass is 463 g/mol. The molecule has 31 heavy (non-hydrogen) atoms. The first-order chi connectivity index (χ1) is 14.8. The second kappa shape index (κ2) is 8.72. The number of halogens is 3. The Hall–Kier alpha value is -2.85. The molecule has 1 aromatic carbocycles. The number of anilines is 1. The summed E-state index contributed by atoms with van der Waals surface area (Å²) in [4.78, 5) is 10.7. The molecule has 0 amide bonds. The molecule has 0 saturated carbocycles. The number of amidine groups is 1. The number of thiocarbonyl (C=S) groups is 1. The van der Waals surface area contributed by atoms with Gasteiger partial charge in [0.05, 0.1) is 17.1 Å². The summed E-state index contributed by atoms with van der Waals surface area (Å²) in [5.74, 6) is -0.210. The molecule has 2 aromatic heterocycles. The third-order valence-corrected chi connectivity index (χ3v) is 5.64. The summed E-state index contributed by atoms with van der Waals surface area (Å²) in [5, 5.41) is 8.11. The summed E-state index contributed by atoms with van der Waals surface area (Å²) in [6.45, 7) is 3.16. The second-order valence-electron chi connectivity index (χ2n) is 7.35. The van der Waals surface area contributed by atoms with Gasteiger partial charge in [-0.1, -0.05) is 17.7 Å². The molecule has 1 fully saturated rings. The molecule has 4 rings (SSSR count). The Balaban J connectivity index is 1.53. The molecule has 162 valence electrons. The van der Waals surface area contributed by atoms with Crippen LogP contribution >= 0.6 is 23.8 Å². The number of nitrogens with zero attached hydrogens (tertiary/aromatic N) is 5. The summed E-state index contributed by atoms with van der Waals surface area (Å²) in [7, 11) is 0. The van der Waals surface area contributed by atoms with Crippen LogP contribution in [0.3, 0.4) is 0 Å². The van der Waals surface area contributed by atoms with Crippen molar-refractivity contribution in [3.05, 3.63) is 47.1 Å². The summed E-state index contributed by atoms with van der Waals surface area (Å²) < 4.78 is 29.1. The van der Waals surface area contributed by atoms with Gasteiger partial charge in [0, 0.05) is 24.7 Å². The minimum absolute atomic E-state index is 0.0448. The maximum atomic E-state index is 14.2. The van der Waals surface area contributed by atoms with Crippen LogP contribution in [0.5, 0.6) is 0 Å². The fourth-order valence-corrected chi connectivity index (χ4v) is 4.02. The molecule has 7 nitrogen and oxygen atoms in total. The van der Waals surface area contributed by atoms with Crippen molar-refractivity contribution >= 4 is 46.4 Å². The van der Waals surface area contributed by atoms with E-state index in [4.69, 9.17) is 29.6 Å². The first kappa shape index (κ1) is 21.4. The molecule has 3 aromatic rings. The Kier molecular flexibility index (Phi) is 6.01. The Labute approximate surface area is 187 Å². The molecular formula is C20H20ClF2N7S.